The number of fused-ring (bicyclic) bond motifs is 2. The van der Waals surface area contributed by atoms with Gasteiger partial charge in [-0.2, -0.15) is 0 Å². The van der Waals surface area contributed by atoms with Crippen LogP contribution >= 0.6 is 0 Å². The summed E-state index contributed by atoms with van der Waals surface area (Å²) in [5.41, 5.74) is 2.96. The molecule has 18 heavy (non-hydrogen) atoms. The zero-order valence-electron chi connectivity index (χ0n) is 10.1. The first kappa shape index (κ1) is 10.8. The number of H-pyrrole nitrogens is 2. The van der Waals surface area contributed by atoms with Crippen molar-refractivity contribution in [3.05, 3.63) is 56.1 Å². The van der Waals surface area contributed by atoms with Crippen LogP contribution in [0.1, 0.15) is 11.1 Å². The minimum atomic E-state index is -0.215. The molecular formula is C14H12N2O2. The monoisotopic (exact) mass is 240 g/mol. The van der Waals surface area contributed by atoms with Crippen LogP contribution in [0.4, 0.5) is 0 Å². The van der Waals surface area contributed by atoms with Gasteiger partial charge < -0.3 is 9.97 Å². The van der Waals surface area contributed by atoms with Crippen molar-refractivity contribution in [2.75, 3.05) is 0 Å². The van der Waals surface area contributed by atoms with Crippen molar-refractivity contribution >= 4 is 10.9 Å². The standard InChI is InChI=1S/C14H12N2O2/c1-7-3-9-10(15-5-7)4-11-12(14(9)18)13(17)8(2)6-16-11/h3-6,15H,1-2H3,(H,16,17). The third-order valence-electron chi connectivity index (χ3n) is 3.18. The molecule has 1 aliphatic heterocycles. The Labute approximate surface area is 103 Å². The molecule has 0 fully saturated rings. The lowest BCUT2D eigenvalue weighted by Gasteiger charge is -2.08. The Morgan fingerprint density at radius 1 is 0.944 bits per heavy atom. The summed E-state index contributed by atoms with van der Waals surface area (Å²) in [6.45, 7) is 3.60. The van der Waals surface area contributed by atoms with Gasteiger partial charge in [0, 0.05) is 23.5 Å². The molecule has 2 N–H and O–H groups in total. The van der Waals surface area contributed by atoms with Crippen LogP contribution in [0.3, 0.4) is 0 Å². The molecule has 0 unspecified atom stereocenters. The SMILES string of the molecule is Cc1c[nH]c2cc3[nH]cc(C)c(=O)c3c(=O)c-2c1. The Kier molecular flexibility index (Phi) is 2.13. The molecule has 4 nitrogen and oxygen atoms in total. The van der Waals surface area contributed by atoms with E-state index in [1.807, 2.05) is 13.1 Å². The van der Waals surface area contributed by atoms with Crippen LogP contribution in [0.15, 0.2) is 34.1 Å². The predicted molar refractivity (Wildman–Crippen MR) is 71.3 cm³/mol. The fraction of sp³-hybridized carbons (Fsp3) is 0.143. The van der Waals surface area contributed by atoms with Crippen molar-refractivity contribution in [2.24, 2.45) is 0 Å². The first-order chi connectivity index (χ1) is 8.58. The van der Waals surface area contributed by atoms with Gasteiger partial charge in [-0.25, -0.2) is 0 Å². The Morgan fingerprint density at radius 3 is 2.50 bits per heavy atom. The Morgan fingerprint density at radius 2 is 1.72 bits per heavy atom. The summed E-state index contributed by atoms with van der Waals surface area (Å²) in [7, 11) is 0. The number of nitrogens with one attached hydrogen (secondary N) is 2. The molecule has 0 saturated carbocycles. The molecule has 1 aromatic rings. The molecule has 90 valence electrons. The van der Waals surface area contributed by atoms with Crippen LogP contribution < -0.4 is 10.9 Å². The summed E-state index contributed by atoms with van der Waals surface area (Å²) in [6, 6.07) is 3.60. The summed E-state index contributed by atoms with van der Waals surface area (Å²) in [6.07, 6.45) is 3.46. The number of hydrogen-bond acceptors (Lipinski definition) is 2. The highest BCUT2D eigenvalue weighted by molar-refractivity contribution is 5.87. The number of aryl methyl sites for hydroxylation is 2. The molecular weight excluding hydrogens is 228 g/mol. The molecule has 3 rings (SSSR count). The van der Waals surface area contributed by atoms with E-state index in [0.29, 0.717) is 16.6 Å². The normalized spacial score (nSPS) is 11.2. The van der Waals surface area contributed by atoms with Crippen molar-refractivity contribution in [1.82, 2.24) is 9.97 Å². The van der Waals surface area contributed by atoms with Crippen molar-refractivity contribution in [2.45, 2.75) is 13.8 Å². The van der Waals surface area contributed by atoms with E-state index in [4.69, 9.17) is 0 Å². The van der Waals surface area contributed by atoms with Crippen LogP contribution in [0.5, 0.6) is 0 Å². The molecule has 0 atom stereocenters. The molecule has 0 bridgehead atoms. The summed E-state index contributed by atoms with van der Waals surface area (Å²) < 4.78 is 0. The van der Waals surface area contributed by atoms with Gasteiger partial charge in [0.2, 0.25) is 5.43 Å². The predicted octanol–water partition coefficient (Wildman–Crippen LogP) is 1.94. The van der Waals surface area contributed by atoms with Crippen molar-refractivity contribution in [1.29, 1.82) is 0 Å². The number of rotatable bonds is 0. The highest BCUT2D eigenvalue weighted by Gasteiger charge is 2.14. The van der Waals surface area contributed by atoms with E-state index in [1.54, 1.807) is 25.3 Å². The lowest BCUT2D eigenvalue weighted by Crippen LogP contribution is -2.18. The van der Waals surface area contributed by atoms with Gasteiger partial charge in [-0.05, 0) is 31.5 Å². The van der Waals surface area contributed by atoms with Gasteiger partial charge in [-0.15, -0.1) is 0 Å². The second-order valence-corrected chi connectivity index (χ2v) is 4.57. The van der Waals surface area contributed by atoms with E-state index in [1.165, 1.54) is 0 Å². The van der Waals surface area contributed by atoms with E-state index < -0.39 is 0 Å². The average Bonchev–Trinajstić information content (AvgIpc) is 2.35. The molecule has 1 aliphatic carbocycles. The number of pyridine rings is 2. The van der Waals surface area contributed by atoms with E-state index in [-0.39, 0.29) is 16.2 Å². The Bertz CT molecular complexity index is 843. The second-order valence-electron chi connectivity index (χ2n) is 4.57. The minimum absolute atomic E-state index is 0.197. The molecule has 0 aromatic carbocycles. The summed E-state index contributed by atoms with van der Waals surface area (Å²) in [5, 5.41) is 0.238. The maximum Gasteiger partial charge on any atom is 0.201 e. The van der Waals surface area contributed by atoms with Gasteiger partial charge in [-0.1, -0.05) is 0 Å². The molecule has 0 radical (unpaired) electrons. The van der Waals surface area contributed by atoms with Crippen LogP contribution in [-0.2, 0) is 0 Å². The van der Waals surface area contributed by atoms with Gasteiger partial charge in [0.25, 0.3) is 0 Å². The maximum atomic E-state index is 12.4. The van der Waals surface area contributed by atoms with Crippen LogP contribution in [-0.4, -0.2) is 9.97 Å². The Balaban J connectivity index is 2.64. The smallest absolute Gasteiger partial charge is 0.201 e. The van der Waals surface area contributed by atoms with Gasteiger partial charge in [0.05, 0.1) is 16.6 Å². The molecule has 2 heterocycles. The quantitative estimate of drug-likeness (QED) is 0.590. The summed E-state index contributed by atoms with van der Waals surface area (Å²) in [4.78, 5) is 30.5. The summed E-state index contributed by atoms with van der Waals surface area (Å²) in [5.74, 6) is 0. The first-order valence-electron chi connectivity index (χ1n) is 5.72. The number of aromatic amines is 2. The average molecular weight is 240 g/mol. The van der Waals surface area contributed by atoms with Crippen molar-refractivity contribution in [3.8, 4) is 11.3 Å². The molecule has 1 aromatic heterocycles. The lowest BCUT2D eigenvalue weighted by atomic mass is 10.0. The van der Waals surface area contributed by atoms with Crippen LogP contribution in [0.2, 0.25) is 0 Å². The zero-order chi connectivity index (χ0) is 12.9. The maximum absolute atomic E-state index is 12.4. The van der Waals surface area contributed by atoms with Crippen LogP contribution in [0, 0.1) is 13.8 Å². The lowest BCUT2D eigenvalue weighted by molar-refractivity contribution is 1.24. The van der Waals surface area contributed by atoms with E-state index in [0.717, 1.165) is 11.3 Å². The van der Waals surface area contributed by atoms with E-state index in [9.17, 15) is 9.59 Å². The molecule has 4 heteroatoms. The topological polar surface area (TPSA) is 65.7 Å². The Hall–Kier alpha value is -2.36. The van der Waals surface area contributed by atoms with E-state index >= 15 is 0 Å². The first-order valence-corrected chi connectivity index (χ1v) is 5.72. The third-order valence-corrected chi connectivity index (χ3v) is 3.18. The largest absolute Gasteiger partial charge is 0.361 e. The zero-order valence-corrected chi connectivity index (χ0v) is 10.1. The molecule has 0 amide bonds. The van der Waals surface area contributed by atoms with Gasteiger partial charge in [0.1, 0.15) is 0 Å². The van der Waals surface area contributed by atoms with Gasteiger partial charge >= 0.3 is 0 Å². The third kappa shape index (κ3) is 1.39. The van der Waals surface area contributed by atoms with E-state index in [2.05, 4.69) is 9.97 Å². The van der Waals surface area contributed by atoms with Gasteiger partial charge in [0.15, 0.2) is 5.43 Å². The molecule has 0 spiro atoms. The highest BCUT2D eigenvalue weighted by Crippen LogP contribution is 2.19. The number of hydrogen-bond donors (Lipinski definition) is 2. The summed E-state index contributed by atoms with van der Waals surface area (Å²) >= 11 is 0. The van der Waals surface area contributed by atoms with Crippen molar-refractivity contribution in [3.63, 3.8) is 0 Å². The second kappa shape index (κ2) is 3.57. The highest BCUT2D eigenvalue weighted by atomic mass is 16.1. The fourth-order valence-electron chi connectivity index (χ4n) is 2.19. The number of benzene rings is 1. The minimum Gasteiger partial charge on any atom is -0.361 e. The van der Waals surface area contributed by atoms with Gasteiger partial charge in [-0.3, -0.25) is 9.59 Å². The molecule has 0 saturated heterocycles. The van der Waals surface area contributed by atoms with Crippen LogP contribution in [0.25, 0.3) is 22.2 Å². The number of aromatic nitrogens is 2. The molecule has 2 aliphatic rings. The van der Waals surface area contributed by atoms with Crippen molar-refractivity contribution < 1.29 is 0 Å². The fourth-order valence-corrected chi connectivity index (χ4v) is 2.19.